The van der Waals surface area contributed by atoms with E-state index in [0.717, 1.165) is 11.1 Å². The van der Waals surface area contributed by atoms with Gasteiger partial charge in [0.1, 0.15) is 0 Å². The number of rotatable bonds is 11. The lowest BCUT2D eigenvalue weighted by molar-refractivity contribution is 0.0505. The summed E-state index contributed by atoms with van der Waals surface area (Å²) in [4.78, 5) is 61.4. The summed E-state index contributed by atoms with van der Waals surface area (Å²) in [5.41, 5.74) is 6.36. The van der Waals surface area contributed by atoms with E-state index in [2.05, 4.69) is 9.97 Å². The van der Waals surface area contributed by atoms with Gasteiger partial charge in [0.15, 0.2) is 0 Å². The van der Waals surface area contributed by atoms with Crippen LogP contribution in [-0.4, -0.2) is 60.3 Å². The second kappa shape index (κ2) is 15.5. The van der Waals surface area contributed by atoms with Gasteiger partial charge in [0.05, 0.1) is 71.5 Å². The Balaban J connectivity index is 1.83. The Morgan fingerprint density at radius 1 is 0.417 bits per heavy atom. The van der Waals surface area contributed by atoms with Gasteiger partial charge in [-0.15, -0.1) is 0 Å². The third-order valence-electron chi connectivity index (χ3n) is 7.72. The first-order chi connectivity index (χ1) is 23.0. The Morgan fingerprint density at radius 3 is 0.833 bits per heavy atom. The highest BCUT2D eigenvalue weighted by molar-refractivity contribution is 6.08. The van der Waals surface area contributed by atoms with Crippen molar-refractivity contribution in [1.29, 1.82) is 0 Å². The van der Waals surface area contributed by atoms with Crippen molar-refractivity contribution in [2.24, 2.45) is 0 Å². The lowest BCUT2D eigenvalue weighted by atomic mass is 9.90. The molecule has 10 nitrogen and oxygen atoms in total. The molecule has 0 radical (unpaired) electrons. The van der Waals surface area contributed by atoms with E-state index in [1.807, 2.05) is 48.5 Å². The number of nitrogens with zero attached hydrogens (tertiary/aromatic N) is 2. The molecule has 4 rings (SSSR count). The van der Waals surface area contributed by atoms with Gasteiger partial charge < -0.3 is 18.9 Å². The molecule has 0 N–H and O–H groups in total. The summed E-state index contributed by atoms with van der Waals surface area (Å²) in [5.74, 6) is -2.30. The van der Waals surface area contributed by atoms with Crippen molar-refractivity contribution in [3.05, 3.63) is 93.6 Å². The Kier molecular flexibility index (Phi) is 11.4. The molecule has 0 spiro atoms. The van der Waals surface area contributed by atoms with Gasteiger partial charge in [-0.05, 0) is 77.6 Å². The highest BCUT2D eigenvalue weighted by Gasteiger charge is 2.29. The fourth-order valence-electron chi connectivity index (χ4n) is 5.75. The number of benzene rings is 2. The summed E-state index contributed by atoms with van der Waals surface area (Å²) in [6, 6.07) is 14.9. The molecular formula is C38H40N2O8. The molecule has 0 unspecified atom stereocenters. The minimum Gasteiger partial charge on any atom is -0.462 e. The highest BCUT2D eigenvalue weighted by Crippen LogP contribution is 2.36. The van der Waals surface area contributed by atoms with Gasteiger partial charge in [-0.2, -0.15) is 0 Å². The topological polar surface area (TPSA) is 131 Å². The van der Waals surface area contributed by atoms with Gasteiger partial charge in [0.25, 0.3) is 0 Å². The molecule has 0 aliphatic heterocycles. The van der Waals surface area contributed by atoms with E-state index < -0.39 is 23.9 Å². The zero-order valence-corrected chi connectivity index (χ0v) is 28.6. The van der Waals surface area contributed by atoms with Gasteiger partial charge in [-0.3, -0.25) is 9.97 Å². The molecule has 0 saturated carbocycles. The van der Waals surface area contributed by atoms with Gasteiger partial charge in [0.2, 0.25) is 0 Å². The number of hydrogen-bond donors (Lipinski definition) is 0. The SMILES string of the molecule is CCOC(=O)c1c(C)nc(C)c(C(=O)OCC)c1-c1ccc(-c2ccc(-c3c(C(=O)OCC)c(C)nc(C)c3C(=O)OCC)cc2)cc1. The standard InChI is InChI=1S/C38H40N2O8/c1-9-45-35(41)29-21(5)39-22(6)30(36(42)46-10-2)33(29)27-17-13-25(14-18-27)26-15-19-28(20-16-26)34-31(37(43)47-11-3)23(7)40-24(8)32(34)38(44)48-12-4/h13-20H,9-12H2,1-8H3. The summed E-state index contributed by atoms with van der Waals surface area (Å²) in [6.45, 7) is 14.3. The minimum absolute atomic E-state index is 0.163. The van der Waals surface area contributed by atoms with E-state index in [-0.39, 0.29) is 48.7 Å². The molecule has 0 aliphatic rings. The Labute approximate surface area is 280 Å². The van der Waals surface area contributed by atoms with E-state index in [9.17, 15) is 19.2 Å². The van der Waals surface area contributed by atoms with E-state index in [0.29, 0.717) is 45.0 Å². The van der Waals surface area contributed by atoms with Crippen LogP contribution in [0.2, 0.25) is 0 Å². The summed E-state index contributed by atoms with van der Waals surface area (Å²) in [7, 11) is 0. The van der Waals surface area contributed by atoms with Crippen LogP contribution in [0.5, 0.6) is 0 Å². The molecule has 0 amide bonds. The van der Waals surface area contributed by atoms with Crippen LogP contribution in [0, 0.1) is 27.7 Å². The number of aromatic nitrogens is 2. The Hall–Kier alpha value is -5.38. The number of ether oxygens (including phenoxy) is 4. The molecule has 250 valence electrons. The lowest BCUT2D eigenvalue weighted by Gasteiger charge is -2.18. The Bertz CT molecular complexity index is 1640. The van der Waals surface area contributed by atoms with E-state index in [1.165, 1.54) is 0 Å². The van der Waals surface area contributed by atoms with Crippen LogP contribution < -0.4 is 0 Å². The second-order valence-electron chi connectivity index (χ2n) is 10.9. The molecular weight excluding hydrogens is 612 g/mol. The number of aryl methyl sites for hydroxylation is 4. The predicted molar refractivity (Wildman–Crippen MR) is 181 cm³/mol. The number of esters is 4. The van der Waals surface area contributed by atoms with Crippen molar-refractivity contribution in [1.82, 2.24) is 9.97 Å². The van der Waals surface area contributed by atoms with Gasteiger partial charge in [-0.25, -0.2) is 19.2 Å². The van der Waals surface area contributed by atoms with Crippen molar-refractivity contribution >= 4 is 23.9 Å². The maximum atomic E-state index is 13.1. The van der Waals surface area contributed by atoms with Crippen molar-refractivity contribution in [3.8, 4) is 33.4 Å². The second-order valence-corrected chi connectivity index (χ2v) is 10.9. The fourth-order valence-corrected chi connectivity index (χ4v) is 5.75. The van der Waals surface area contributed by atoms with Crippen molar-refractivity contribution < 1.29 is 38.1 Å². The zero-order valence-electron chi connectivity index (χ0n) is 28.6. The highest BCUT2D eigenvalue weighted by atomic mass is 16.5. The van der Waals surface area contributed by atoms with Crippen LogP contribution in [0.4, 0.5) is 0 Å². The number of hydrogen-bond acceptors (Lipinski definition) is 10. The first-order valence-corrected chi connectivity index (χ1v) is 15.9. The molecule has 0 bridgehead atoms. The lowest BCUT2D eigenvalue weighted by Crippen LogP contribution is -2.17. The summed E-state index contributed by atoms with van der Waals surface area (Å²) in [6.07, 6.45) is 0. The first-order valence-electron chi connectivity index (χ1n) is 15.9. The maximum Gasteiger partial charge on any atom is 0.340 e. The van der Waals surface area contributed by atoms with Crippen LogP contribution in [0.15, 0.2) is 48.5 Å². The van der Waals surface area contributed by atoms with E-state index >= 15 is 0 Å². The van der Waals surface area contributed by atoms with Gasteiger partial charge in [-0.1, -0.05) is 48.5 Å². The van der Waals surface area contributed by atoms with Crippen molar-refractivity contribution in [2.45, 2.75) is 55.4 Å². The summed E-state index contributed by atoms with van der Waals surface area (Å²) < 4.78 is 21.4. The maximum absolute atomic E-state index is 13.1. The third kappa shape index (κ3) is 7.12. The molecule has 10 heteroatoms. The van der Waals surface area contributed by atoms with Crippen LogP contribution >= 0.6 is 0 Å². The zero-order chi connectivity index (χ0) is 35.1. The van der Waals surface area contributed by atoms with Crippen LogP contribution in [0.25, 0.3) is 33.4 Å². The summed E-state index contributed by atoms with van der Waals surface area (Å²) >= 11 is 0. The summed E-state index contributed by atoms with van der Waals surface area (Å²) in [5, 5.41) is 0. The fraction of sp³-hybridized carbons (Fsp3) is 0.316. The first kappa shape index (κ1) is 35.5. The largest absolute Gasteiger partial charge is 0.462 e. The average molecular weight is 653 g/mol. The molecule has 2 heterocycles. The minimum atomic E-state index is -0.575. The predicted octanol–water partition coefficient (Wildman–Crippen LogP) is 7.42. The van der Waals surface area contributed by atoms with Crippen molar-refractivity contribution in [2.75, 3.05) is 26.4 Å². The smallest absolute Gasteiger partial charge is 0.340 e. The molecule has 0 fully saturated rings. The van der Waals surface area contributed by atoms with Crippen LogP contribution in [-0.2, 0) is 18.9 Å². The van der Waals surface area contributed by atoms with Crippen LogP contribution in [0.3, 0.4) is 0 Å². The number of carbonyl (C=O) groups is 4. The van der Waals surface area contributed by atoms with Gasteiger partial charge >= 0.3 is 23.9 Å². The van der Waals surface area contributed by atoms with E-state index in [1.54, 1.807) is 55.4 Å². The third-order valence-corrected chi connectivity index (χ3v) is 7.72. The Morgan fingerprint density at radius 2 is 0.625 bits per heavy atom. The number of carbonyl (C=O) groups excluding carboxylic acids is 4. The van der Waals surface area contributed by atoms with Crippen molar-refractivity contribution in [3.63, 3.8) is 0 Å². The average Bonchev–Trinajstić information content (AvgIpc) is 3.04. The normalized spacial score (nSPS) is 10.8. The van der Waals surface area contributed by atoms with Crippen LogP contribution in [0.1, 0.15) is 91.9 Å². The van der Waals surface area contributed by atoms with Gasteiger partial charge in [0, 0.05) is 11.1 Å². The molecule has 0 aliphatic carbocycles. The molecule has 2 aromatic carbocycles. The molecule has 2 aromatic heterocycles. The monoisotopic (exact) mass is 652 g/mol. The molecule has 48 heavy (non-hydrogen) atoms. The quantitative estimate of drug-likeness (QED) is 0.119. The number of pyridine rings is 2. The molecule has 4 aromatic rings. The molecule has 0 saturated heterocycles. The molecule has 0 atom stereocenters. The van der Waals surface area contributed by atoms with E-state index in [4.69, 9.17) is 18.9 Å².